The Bertz CT molecular complexity index is 394. The van der Waals surface area contributed by atoms with Crippen molar-refractivity contribution in [3.8, 4) is 0 Å². The van der Waals surface area contributed by atoms with Crippen molar-refractivity contribution in [3.05, 3.63) is 29.0 Å². The van der Waals surface area contributed by atoms with Gasteiger partial charge in [0.25, 0.3) is 0 Å². The molecule has 0 aliphatic carbocycles. The highest BCUT2D eigenvalue weighted by atomic mass is 32.1. The molecule has 2 N–H and O–H groups in total. The summed E-state index contributed by atoms with van der Waals surface area (Å²) < 4.78 is 5.57. The zero-order valence-corrected chi connectivity index (χ0v) is 8.61. The molecule has 74 valence electrons. The lowest BCUT2D eigenvalue weighted by atomic mass is 10.1. The number of hydrogen-bond donors (Lipinski definition) is 1. The molecule has 6 heteroatoms. The highest BCUT2D eigenvalue weighted by Gasteiger charge is 2.11. The van der Waals surface area contributed by atoms with Gasteiger partial charge in [-0.05, 0) is 17.6 Å². The fourth-order valence-electron chi connectivity index (χ4n) is 1.35. The van der Waals surface area contributed by atoms with Crippen LogP contribution in [-0.2, 0) is 13.5 Å². The van der Waals surface area contributed by atoms with Crippen LogP contribution < -0.4 is 5.73 Å². The molecule has 2 heterocycles. The molecule has 0 aromatic carbocycles. The van der Waals surface area contributed by atoms with E-state index in [9.17, 15) is 0 Å². The molecule has 0 aliphatic heterocycles. The molecule has 2 aromatic heterocycles. The number of aromatic nitrogens is 4. The molecule has 5 nitrogen and oxygen atoms in total. The van der Waals surface area contributed by atoms with Gasteiger partial charge in [0.15, 0.2) is 0 Å². The topological polar surface area (TPSA) is 69.6 Å². The van der Waals surface area contributed by atoms with E-state index in [1.54, 1.807) is 10.9 Å². The third-order valence-corrected chi connectivity index (χ3v) is 2.63. The van der Waals surface area contributed by atoms with Crippen molar-refractivity contribution >= 4 is 11.5 Å². The Morgan fingerprint density at radius 1 is 1.64 bits per heavy atom. The zero-order valence-electron chi connectivity index (χ0n) is 7.79. The molecule has 14 heavy (non-hydrogen) atoms. The minimum absolute atomic E-state index is 0.0635. The highest BCUT2D eigenvalue weighted by Crippen LogP contribution is 2.13. The molecule has 0 spiro atoms. The summed E-state index contributed by atoms with van der Waals surface area (Å²) in [5.74, 6) is 0. The predicted molar refractivity (Wildman–Crippen MR) is 53.7 cm³/mol. The van der Waals surface area contributed by atoms with Crippen molar-refractivity contribution in [1.29, 1.82) is 0 Å². The van der Waals surface area contributed by atoms with Gasteiger partial charge in [0.05, 0.1) is 17.4 Å². The second-order valence-electron chi connectivity index (χ2n) is 3.09. The molecule has 0 bridgehead atoms. The molecule has 0 saturated carbocycles. The maximum Gasteiger partial charge on any atom is 0.0774 e. The maximum atomic E-state index is 6.01. The number of nitrogens with zero attached hydrogens (tertiary/aromatic N) is 4. The van der Waals surface area contributed by atoms with Gasteiger partial charge in [0.2, 0.25) is 0 Å². The van der Waals surface area contributed by atoms with Crippen LogP contribution in [-0.4, -0.2) is 19.4 Å². The number of hydrogen-bond acceptors (Lipinski definition) is 5. The maximum absolute atomic E-state index is 6.01. The van der Waals surface area contributed by atoms with Gasteiger partial charge in [0, 0.05) is 25.0 Å². The lowest BCUT2D eigenvalue weighted by Gasteiger charge is -2.09. The summed E-state index contributed by atoms with van der Waals surface area (Å²) in [7, 11) is 1.88. The molecule has 0 saturated heterocycles. The summed E-state index contributed by atoms with van der Waals surface area (Å²) in [6, 6.07) is 1.86. The van der Waals surface area contributed by atoms with Crippen LogP contribution in [0.3, 0.4) is 0 Å². The van der Waals surface area contributed by atoms with Gasteiger partial charge in [-0.15, -0.1) is 5.10 Å². The van der Waals surface area contributed by atoms with E-state index < -0.39 is 0 Å². The van der Waals surface area contributed by atoms with Gasteiger partial charge in [-0.3, -0.25) is 4.68 Å². The lowest BCUT2D eigenvalue weighted by Crippen LogP contribution is -2.17. The second-order valence-corrected chi connectivity index (χ2v) is 3.70. The Hall–Kier alpha value is -1.27. The fraction of sp³-hybridized carbons (Fsp3) is 0.375. The fourth-order valence-corrected chi connectivity index (χ4v) is 1.81. The van der Waals surface area contributed by atoms with Crippen molar-refractivity contribution in [1.82, 2.24) is 19.4 Å². The van der Waals surface area contributed by atoms with E-state index in [-0.39, 0.29) is 6.04 Å². The van der Waals surface area contributed by atoms with Gasteiger partial charge in [-0.2, -0.15) is 5.10 Å². The molecule has 0 amide bonds. The molecular weight excluding hydrogens is 198 g/mol. The molecule has 1 unspecified atom stereocenters. The highest BCUT2D eigenvalue weighted by molar-refractivity contribution is 7.03. The first-order valence-electron chi connectivity index (χ1n) is 4.27. The minimum atomic E-state index is -0.0635. The van der Waals surface area contributed by atoms with Crippen LogP contribution >= 0.6 is 11.5 Å². The zero-order chi connectivity index (χ0) is 9.97. The average molecular weight is 209 g/mol. The van der Waals surface area contributed by atoms with Gasteiger partial charge in [-0.25, -0.2) is 0 Å². The third-order valence-electron chi connectivity index (χ3n) is 2.07. The van der Waals surface area contributed by atoms with Gasteiger partial charge >= 0.3 is 0 Å². The van der Waals surface area contributed by atoms with Crippen LogP contribution in [0.1, 0.15) is 17.4 Å². The SMILES string of the molecule is Cn1nccc1C(N)Cc1csnn1. The van der Waals surface area contributed by atoms with E-state index in [2.05, 4.69) is 14.7 Å². The Kier molecular flexibility index (Phi) is 2.55. The normalized spacial score (nSPS) is 13.0. The van der Waals surface area contributed by atoms with Crippen molar-refractivity contribution in [2.45, 2.75) is 12.5 Å². The quantitative estimate of drug-likeness (QED) is 0.799. The molecule has 0 aliphatic rings. The van der Waals surface area contributed by atoms with Crippen LogP contribution in [0.25, 0.3) is 0 Å². The first kappa shape index (κ1) is 9.29. The van der Waals surface area contributed by atoms with Crippen LogP contribution in [0.15, 0.2) is 17.6 Å². The summed E-state index contributed by atoms with van der Waals surface area (Å²) >= 11 is 1.34. The predicted octanol–water partition coefficient (Wildman–Crippen LogP) is 0.514. The van der Waals surface area contributed by atoms with Gasteiger partial charge in [-0.1, -0.05) is 4.49 Å². The molecule has 2 aromatic rings. The largest absolute Gasteiger partial charge is 0.322 e. The van der Waals surface area contributed by atoms with E-state index in [0.29, 0.717) is 6.42 Å². The van der Waals surface area contributed by atoms with Crippen LogP contribution in [0, 0.1) is 0 Å². The van der Waals surface area contributed by atoms with Gasteiger partial charge in [0.1, 0.15) is 0 Å². The van der Waals surface area contributed by atoms with Crippen molar-refractivity contribution in [2.24, 2.45) is 12.8 Å². The number of rotatable bonds is 3. The smallest absolute Gasteiger partial charge is 0.0774 e. The first-order chi connectivity index (χ1) is 6.77. The van der Waals surface area contributed by atoms with Crippen molar-refractivity contribution in [3.63, 3.8) is 0 Å². The second kappa shape index (κ2) is 3.85. The first-order valence-corrected chi connectivity index (χ1v) is 5.10. The number of nitrogens with two attached hydrogens (primary N) is 1. The van der Waals surface area contributed by atoms with Crippen molar-refractivity contribution < 1.29 is 0 Å². The number of aryl methyl sites for hydroxylation is 1. The Morgan fingerprint density at radius 3 is 3.07 bits per heavy atom. The van der Waals surface area contributed by atoms with E-state index in [1.807, 2.05) is 18.5 Å². The van der Waals surface area contributed by atoms with Crippen molar-refractivity contribution in [2.75, 3.05) is 0 Å². The van der Waals surface area contributed by atoms with Crippen LogP contribution in [0.5, 0.6) is 0 Å². The Labute approximate surface area is 85.7 Å². The average Bonchev–Trinajstić information content (AvgIpc) is 2.75. The Balaban J connectivity index is 2.10. The minimum Gasteiger partial charge on any atom is -0.322 e. The van der Waals surface area contributed by atoms with E-state index in [4.69, 9.17) is 5.73 Å². The summed E-state index contributed by atoms with van der Waals surface area (Å²) in [5.41, 5.74) is 7.95. The summed E-state index contributed by atoms with van der Waals surface area (Å²) in [5, 5.41) is 9.94. The van der Waals surface area contributed by atoms with Crippen LogP contribution in [0.2, 0.25) is 0 Å². The van der Waals surface area contributed by atoms with Gasteiger partial charge < -0.3 is 5.73 Å². The van der Waals surface area contributed by atoms with Crippen LogP contribution in [0.4, 0.5) is 0 Å². The standard InChI is InChI=1S/C8H11N5S/c1-13-8(2-3-10-13)7(9)4-6-5-14-12-11-6/h2-3,5,7H,4,9H2,1H3. The molecule has 0 fully saturated rings. The van der Waals surface area contributed by atoms with E-state index >= 15 is 0 Å². The molecule has 0 radical (unpaired) electrons. The summed E-state index contributed by atoms with van der Waals surface area (Å²) in [6.45, 7) is 0. The lowest BCUT2D eigenvalue weighted by molar-refractivity contribution is 0.610. The summed E-state index contributed by atoms with van der Waals surface area (Å²) in [6.07, 6.45) is 2.45. The summed E-state index contributed by atoms with van der Waals surface area (Å²) in [4.78, 5) is 0. The molecular formula is C8H11N5S. The monoisotopic (exact) mass is 209 g/mol. The Morgan fingerprint density at radius 2 is 2.50 bits per heavy atom. The third kappa shape index (κ3) is 1.80. The molecule has 2 rings (SSSR count). The van der Waals surface area contributed by atoms with E-state index in [0.717, 1.165) is 11.4 Å². The van der Waals surface area contributed by atoms with E-state index in [1.165, 1.54) is 11.5 Å². The molecule has 1 atom stereocenters.